The van der Waals surface area contributed by atoms with Gasteiger partial charge in [-0.25, -0.2) is 0 Å². The summed E-state index contributed by atoms with van der Waals surface area (Å²) in [5.41, 5.74) is 25.0. The fraction of sp³-hybridized carbons (Fsp3) is 0.511. The number of hydrogen-bond acceptors (Lipinski definition) is 5. The number of fused-ring (bicyclic) bond motifs is 4. The molecule has 4 aromatic rings. The van der Waals surface area contributed by atoms with Gasteiger partial charge in [-0.2, -0.15) is 9.15 Å². The molecule has 0 saturated heterocycles. The van der Waals surface area contributed by atoms with E-state index in [2.05, 4.69) is 275 Å². The number of hydrogen-bond donors (Lipinski definition) is 1. The van der Waals surface area contributed by atoms with E-state index in [4.69, 9.17) is 4.74 Å². The smallest absolute Gasteiger partial charge is 0.302 e. The number of ether oxygens (including phenoxy) is 1. The molecule has 0 unspecified atom stereocenters. The Balaban J connectivity index is 0.000000451. The number of para-hydroxylation sites is 4. The van der Waals surface area contributed by atoms with Crippen molar-refractivity contribution in [3.05, 3.63) is 213 Å². The average Bonchev–Trinajstić information content (AvgIpc) is 1.63. The highest BCUT2D eigenvalue weighted by Gasteiger charge is 2.46. The van der Waals surface area contributed by atoms with Gasteiger partial charge in [-0.05, 0) is 174 Å². The van der Waals surface area contributed by atoms with Crippen molar-refractivity contribution in [3.63, 3.8) is 0 Å². The molecule has 6 aliphatic rings. The number of esters is 1. The molecule has 2 aliphatic carbocycles. The van der Waals surface area contributed by atoms with Crippen LogP contribution in [0.15, 0.2) is 191 Å². The zero-order valence-electron chi connectivity index (χ0n) is 61.7. The summed E-state index contributed by atoms with van der Waals surface area (Å²) in [6.07, 6.45) is 36.3. The molecule has 4 aliphatic heterocycles. The molecular weight excluding hydrogens is 1410 g/mol. The van der Waals surface area contributed by atoms with Crippen LogP contribution in [-0.4, -0.2) is 71.0 Å². The molecule has 4 aromatic carbocycles. The quantitative estimate of drug-likeness (QED) is 0.0390. The Bertz CT molecular complexity index is 3550. The van der Waals surface area contributed by atoms with E-state index in [0.717, 1.165) is 116 Å². The second kappa shape index (κ2) is 40.2. The van der Waals surface area contributed by atoms with E-state index in [1.165, 1.54) is 121 Å². The second-order valence-electron chi connectivity index (χ2n) is 28.5. The van der Waals surface area contributed by atoms with Crippen LogP contribution in [0, 0.1) is 0 Å². The molecule has 0 amide bonds. The summed E-state index contributed by atoms with van der Waals surface area (Å²) < 4.78 is 10.4. The number of carbonyl (C=O) groups is 1. The van der Waals surface area contributed by atoms with Gasteiger partial charge in [0.25, 0.3) is 0 Å². The summed E-state index contributed by atoms with van der Waals surface area (Å²) >= 11 is 0. The third kappa shape index (κ3) is 19.8. The van der Waals surface area contributed by atoms with Crippen molar-refractivity contribution in [2.45, 2.75) is 257 Å². The molecule has 0 bridgehead atoms. The molecule has 9 heteroatoms. The van der Waals surface area contributed by atoms with Gasteiger partial charge in [0.15, 0.2) is 11.4 Å². The first-order valence-corrected chi connectivity index (χ1v) is 36.3. The number of allylic oxidation sites excluding steroid dienone is 16. The van der Waals surface area contributed by atoms with Gasteiger partial charge in [-0.15, -0.1) is 0 Å². The minimum absolute atomic E-state index is 0. The van der Waals surface area contributed by atoms with Crippen molar-refractivity contribution in [2.75, 3.05) is 49.2 Å². The van der Waals surface area contributed by atoms with Gasteiger partial charge in [0.2, 0.25) is 11.4 Å². The fourth-order valence-electron chi connectivity index (χ4n) is 15.2. The molecule has 0 atom stereocenters. The van der Waals surface area contributed by atoms with Crippen LogP contribution in [0.3, 0.4) is 0 Å². The average molecular weight is 1540 g/mol. The summed E-state index contributed by atoms with van der Waals surface area (Å²) in [7, 11) is 0. The predicted octanol–water partition coefficient (Wildman–Crippen LogP) is 17.3. The Morgan fingerprint density at radius 2 is 0.845 bits per heavy atom. The van der Waals surface area contributed by atoms with Gasteiger partial charge in [-0.3, -0.25) is 4.79 Å². The van der Waals surface area contributed by atoms with Crippen LogP contribution >= 0.6 is 0 Å². The largest absolute Gasteiger partial charge is 1.00 e. The van der Waals surface area contributed by atoms with Gasteiger partial charge in [0.05, 0.1) is 17.4 Å². The summed E-state index contributed by atoms with van der Waals surface area (Å²) in [5.74, 6) is -0.206. The lowest BCUT2D eigenvalue weighted by atomic mass is 9.80. The predicted molar refractivity (Wildman–Crippen MR) is 413 cm³/mol. The van der Waals surface area contributed by atoms with Gasteiger partial charge >= 0.3 is 5.97 Å². The maximum absolute atomic E-state index is 11.5. The zero-order valence-corrected chi connectivity index (χ0v) is 66.0. The number of rotatable bonds is 21. The van der Waals surface area contributed by atoms with Crippen LogP contribution in [0.5, 0.6) is 0 Å². The van der Waals surface area contributed by atoms with Crippen molar-refractivity contribution >= 4 is 40.1 Å². The van der Waals surface area contributed by atoms with Crippen LogP contribution in [0.1, 0.15) is 258 Å². The summed E-state index contributed by atoms with van der Waals surface area (Å²) in [6.45, 7) is 42.7. The van der Waals surface area contributed by atoms with Gasteiger partial charge < -0.3 is 67.6 Å². The lowest BCUT2D eigenvalue weighted by Crippen LogP contribution is -3.00. The van der Waals surface area contributed by atoms with Gasteiger partial charge in [-0.1, -0.05) is 208 Å². The molecule has 0 radical (unpaired) electrons. The van der Waals surface area contributed by atoms with Crippen molar-refractivity contribution in [3.8, 4) is 0 Å². The maximum Gasteiger partial charge on any atom is 0.302 e. The van der Waals surface area contributed by atoms with Crippen LogP contribution in [-0.2, 0) is 31.2 Å². The molecule has 0 spiro atoms. The number of benzene rings is 4. The summed E-state index contributed by atoms with van der Waals surface area (Å²) in [6, 6.07) is 35.6. The lowest BCUT2D eigenvalue weighted by Gasteiger charge is -2.27. The Labute approximate surface area is 626 Å². The number of nitrogens with zero attached hydrogens (tertiary/aromatic N) is 4. The van der Waals surface area contributed by atoms with E-state index in [-0.39, 0.29) is 97.0 Å². The normalized spacial score (nSPS) is 19.1. The number of halogens is 2. The maximum atomic E-state index is 11.5. The Kier molecular flexibility index (Phi) is 35.6. The molecule has 97 heavy (non-hydrogen) atoms. The van der Waals surface area contributed by atoms with E-state index in [1.54, 1.807) is 0 Å². The third-order valence-electron chi connectivity index (χ3n) is 19.6. The van der Waals surface area contributed by atoms with E-state index >= 15 is 0 Å². The number of aliphatic hydroxyl groups is 1. The molecular formula is C88H128I2N4O3. The van der Waals surface area contributed by atoms with E-state index < -0.39 is 0 Å². The van der Waals surface area contributed by atoms with Crippen molar-refractivity contribution in [2.24, 2.45) is 0 Å². The number of carbonyl (C=O) groups excluding carboxylic acids is 1. The molecule has 10 rings (SSSR count). The highest BCUT2D eigenvalue weighted by atomic mass is 127. The Morgan fingerprint density at radius 1 is 0.485 bits per heavy atom. The van der Waals surface area contributed by atoms with Crippen LogP contribution < -0.4 is 57.8 Å². The summed E-state index contributed by atoms with van der Waals surface area (Å²) in [5, 5.41) is 9.81. The van der Waals surface area contributed by atoms with Crippen LogP contribution in [0.2, 0.25) is 0 Å². The lowest BCUT2D eigenvalue weighted by molar-refractivity contribution is -0.437. The fourth-order valence-corrected chi connectivity index (χ4v) is 15.2. The van der Waals surface area contributed by atoms with Gasteiger partial charge in [0.1, 0.15) is 13.1 Å². The molecule has 1 N–H and O–H groups in total. The molecule has 0 saturated carbocycles. The minimum atomic E-state index is -0.206. The first-order valence-electron chi connectivity index (χ1n) is 36.3. The number of aliphatic hydroxyl groups excluding tert-OH is 1. The van der Waals surface area contributed by atoms with E-state index in [0.29, 0.717) is 6.61 Å². The summed E-state index contributed by atoms with van der Waals surface area (Å²) in [4.78, 5) is 16.6. The zero-order chi connectivity index (χ0) is 67.5. The van der Waals surface area contributed by atoms with Crippen molar-refractivity contribution in [1.29, 1.82) is 0 Å². The molecule has 7 nitrogen and oxygen atoms in total. The highest BCUT2D eigenvalue weighted by Crippen LogP contribution is 2.50. The molecule has 4 heterocycles. The first-order chi connectivity index (χ1) is 44.7. The van der Waals surface area contributed by atoms with Gasteiger partial charge in [0, 0.05) is 108 Å². The van der Waals surface area contributed by atoms with Crippen LogP contribution in [0.25, 0.3) is 0 Å². The van der Waals surface area contributed by atoms with Crippen molar-refractivity contribution in [1.82, 2.24) is 0 Å². The Hall–Kier alpha value is -5.37. The number of anilines is 2. The second-order valence-corrected chi connectivity index (χ2v) is 28.5. The monoisotopic (exact) mass is 1540 g/mol. The first kappa shape index (κ1) is 85.9. The Morgan fingerprint density at radius 3 is 1.21 bits per heavy atom. The van der Waals surface area contributed by atoms with E-state index in [9.17, 15) is 9.90 Å². The SMILES string of the molecule is C.C.CCC.CCC.CCCN1/C(=C/C=C2\CCCC(/C=C/C3=[N+](CCC)c4ccccc4C3(C)C)=C2CCCO)C(C)(C)c2ccccc21.CCCN1/C(=C/C=C2\CCCC(/C=C/C3=[N+](CCC)c4ccccc4C3(C)C)=C2CCCOC(C)=O)C(C)(C)c2ccccc21.[I-].[I-]. The standard InChI is InChI=1S/C41H53N2O2.C39H51N2O.2C3H8.2CH4.2HI/c1-8-27-42-36-21-12-10-19-34(36)40(4,5)38(42)25-23-31-16-14-17-32(33(31)18-15-29-45-30(3)44)24-26-39-41(6,7)35-20-11-13-22-37(35)43(39)28-9-2;1-7-26-40-34-20-11-9-18-32(34)38(3,4)36(40)24-22-29-15-13-16-30(31(29)17-14-28-42)23-25-37-39(5,6)33-19-10-12-21-35(33)41(37)27-8-2;2*1-3-2;;;;/h10-13,19-26H,8-9,14-18,27-29H2,1-7H3;9-12,18-25,42H,7-8,13-17,26-28H2,1-6H3;2*3H2,1-2H3;2*1H4;2*1H/q2*+1;;;;;;/p-2. The molecule has 0 fully saturated rings. The van der Waals surface area contributed by atoms with Crippen molar-refractivity contribution < 1.29 is 71.7 Å². The molecule has 0 aromatic heterocycles. The third-order valence-corrected chi connectivity index (χ3v) is 19.6. The highest BCUT2D eigenvalue weighted by molar-refractivity contribution is 6.04. The van der Waals surface area contributed by atoms with Crippen LogP contribution in [0.4, 0.5) is 22.7 Å². The minimum Gasteiger partial charge on any atom is -1.00 e. The molecule has 532 valence electrons. The topological polar surface area (TPSA) is 59.0 Å². The van der Waals surface area contributed by atoms with E-state index in [1.807, 2.05) is 0 Å².